The summed E-state index contributed by atoms with van der Waals surface area (Å²) in [5, 5.41) is 14.1. The third kappa shape index (κ3) is 2.60. The van der Waals surface area contributed by atoms with Gasteiger partial charge in [0.2, 0.25) is 0 Å². The minimum Gasteiger partial charge on any atom is -0.339 e. The average Bonchev–Trinajstić information content (AvgIpc) is 2.45. The van der Waals surface area contributed by atoms with Crippen molar-refractivity contribution in [2.24, 2.45) is 11.3 Å². The number of carbonyl (C=O) groups excluding carboxylic acids is 2. The van der Waals surface area contributed by atoms with Crippen LogP contribution in [0.25, 0.3) is 0 Å². The molecule has 1 atom stereocenters. The molecule has 0 bridgehead atoms. The number of nitrogens with one attached hydrogen (secondary N) is 1. The Morgan fingerprint density at radius 3 is 2.39 bits per heavy atom. The number of aromatic nitrogens is 2. The van der Waals surface area contributed by atoms with Crippen molar-refractivity contribution in [3.8, 4) is 0 Å². The molecule has 1 aromatic heterocycles. The summed E-state index contributed by atoms with van der Waals surface area (Å²) in [6.45, 7) is 3.69. The van der Waals surface area contributed by atoms with Gasteiger partial charge < -0.3 is 5.32 Å². The standard InChI is InChI=1S/C15H16N4O4/c1-15(2)5-9(20)12(10(21)6-15)11-8(19(22)23)7-18-14-13(11)16-3-4-17-14/h3-4,7,11-12H,5-6H2,1-2H3,(H,17,18). The average molecular weight is 316 g/mol. The highest BCUT2D eigenvalue weighted by Crippen LogP contribution is 2.44. The second-order valence-electron chi connectivity index (χ2n) is 6.67. The van der Waals surface area contributed by atoms with Crippen LogP contribution in [0.1, 0.15) is 38.3 Å². The molecule has 8 nitrogen and oxygen atoms in total. The molecule has 2 heterocycles. The van der Waals surface area contributed by atoms with Crippen LogP contribution < -0.4 is 5.32 Å². The maximum absolute atomic E-state index is 12.6. The van der Waals surface area contributed by atoms with E-state index in [0.29, 0.717) is 5.82 Å². The highest BCUT2D eigenvalue weighted by molar-refractivity contribution is 6.06. The van der Waals surface area contributed by atoms with Crippen molar-refractivity contribution >= 4 is 17.4 Å². The van der Waals surface area contributed by atoms with E-state index in [2.05, 4.69) is 15.3 Å². The number of ketones is 2. The van der Waals surface area contributed by atoms with Gasteiger partial charge >= 0.3 is 0 Å². The number of allylic oxidation sites excluding steroid dienone is 1. The number of hydrogen-bond donors (Lipinski definition) is 1. The predicted octanol–water partition coefficient (Wildman–Crippen LogP) is 1.68. The molecular weight excluding hydrogens is 300 g/mol. The van der Waals surface area contributed by atoms with E-state index in [1.165, 1.54) is 18.6 Å². The lowest BCUT2D eigenvalue weighted by molar-refractivity contribution is -0.431. The molecule has 0 saturated heterocycles. The fraction of sp³-hybridized carbons (Fsp3) is 0.467. The Balaban J connectivity index is 2.09. The van der Waals surface area contributed by atoms with Gasteiger partial charge in [0.1, 0.15) is 17.5 Å². The third-order valence-corrected chi connectivity index (χ3v) is 4.24. The summed E-state index contributed by atoms with van der Waals surface area (Å²) in [6.07, 6.45) is 4.48. The highest BCUT2D eigenvalue weighted by Gasteiger charge is 2.50. The molecule has 0 aromatic carbocycles. The van der Waals surface area contributed by atoms with Gasteiger partial charge in [0.05, 0.1) is 22.7 Å². The molecule has 23 heavy (non-hydrogen) atoms. The molecule has 8 heteroatoms. The highest BCUT2D eigenvalue weighted by atomic mass is 16.6. The van der Waals surface area contributed by atoms with Crippen molar-refractivity contribution in [2.45, 2.75) is 32.6 Å². The largest absolute Gasteiger partial charge is 0.339 e. The van der Waals surface area contributed by atoms with Crippen molar-refractivity contribution in [1.29, 1.82) is 0 Å². The molecule has 3 rings (SSSR count). The summed E-state index contributed by atoms with van der Waals surface area (Å²) in [5.74, 6) is -2.28. The second kappa shape index (κ2) is 5.22. The van der Waals surface area contributed by atoms with E-state index in [9.17, 15) is 19.7 Å². The Kier molecular flexibility index (Phi) is 3.46. The van der Waals surface area contributed by atoms with Crippen LogP contribution in [0.4, 0.5) is 5.82 Å². The molecule has 0 spiro atoms. The number of carbonyl (C=O) groups is 2. The zero-order chi connectivity index (χ0) is 16.8. The summed E-state index contributed by atoms with van der Waals surface area (Å²) < 4.78 is 0. The van der Waals surface area contributed by atoms with Crippen LogP contribution in [-0.2, 0) is 9.59 Å². The fourth-order valence-electron chi connectivity index (χ4n) is 3.33. The first-order valence-electron chi connectivity index (χ1n) is 7.27. The first-order chi connectivity index (χ1) is 10.8. The third-order valence-electron chi connectivity index (χ3n) is 4.24. The van der Waals surface area contributed by atoms with E-state index in [4.69, 9.17) is 0 Å². The number of hydrogen-bond acceptors (Lipinski definition) is 7. The molecule has 1 fully saturated rings. The SMILES string of the molecule is CC1(C)CC(=O)C(C2C([N+](=O)[O-])=CNc3nccnc32)C(=O)C1. The molecule has 1 aliphatic carbocycles. The van der Waals surface area contributed by atoms with Gasteiger partial charge in [-0.3, -0.25) is 24.7 Å². The van der Waals surface area contributed by atoms with Crippen molar-refractivity contribution in [3.63, 3.8) is 0 Å². The topological polar surface area (TPSA) is 115 Å². The number of nitro groups is 1. The van der Waals surface area contributed by atoms with E-state index >= 15 is 0 Å². The van der Waals surface area contributed by atoms with Gasteiger partial charge in [-0.15, -0.1) is 0 Å². The van der Waals surface area contributed by atoms with Crippen LogP contribution >= 0.6 is 0 Å². The lowest BCUT2D eigenvalue weighted by Gasteiger charge is -2.35. The zero-order valence-electron chi connectivity index (χ0n) is 12.8. The number of rotatable bonds is 2. The monoisotopic (exact) mass is 316 g/mol. The van der Waals surface area contributed by atoms with Gasteiger partial charge in [0, 0.05) is 25.2 Å². The van der Waals surface area contributed by atoms with Crippen LogP contribution in [0.2, 0.25) is 0 Å². The van der Waals surface area contributed by atoms with Crippen molar-refractivity contribution in [2.75, 3.05) is 5.32 Å². The maximum Gasteiger partial charge on any atom is 0.272 e. The molecular formula is C15H16N4O4. The van der Waals surface area contributed by atoms with Gasteiger partial charge in [-0.05, 0) is 5.41 Å². The first kappa shape index (κ1) is 15.3. The summed E-state index contributed by atoms with van der Waals surface area (Å²) in [4.78, 5) is 44.1. The summed E-state index contributed by atoms with van der Waals surface area (Å²) in [6, 6.07) is 0. The number of Topliss-reactive ketones (excluding diaryl/α,β-unsaturated/α-hetero) is 2. The van der Waals surface area contributed by atoms with Crippen molar-refractivity contribution < 1.29 is 14.5 Å². The van der Waals surface area contributed by atoms with Crippen LogP contribution in [0, 0.1) is 21.4 Å². The summed E-state index contributed by atoms with van der Waals surface area (Å²) >= 11 is 0. The minimum absolute atomic E-state index is 0.216. The molecule has 1 unspecified atom stereocenters. The lowest BCUT2D eigenvalue weighted by Crippen LogP contribution is -2.43. The van der Waals surface area contributed by atoms with E-state index in [0.717, 1.165) is 0 Å². The van der Waals surface area contributed by atoms with E-state index < -0.39 is 22.2 Å². The quantitative estimate of drug-likeness (QED) is 0.501. The Hall–Kier alpha value is -2.64. The van der Waals surface area contributed by atoms with Gasteiger partial charge in [0.25, 0.3) is 5.70 Å². The van der Waals surface area contributed by atoms with Gasteiger partial charge in [-0.25, -0.2) is 4.98 Å². The van der Waals surface area contributed by atoms with Crippen LogP contribution in [0.5, 0.6) is 0 Å². The number of nitrogens with zero attached hydrogens (tertiary/aromatic N) is 3. The molecule has 1 aliphatic heterocycles. The molecule has 1 N–H and O–H groups in total. The van der Waals surface area contributed by atoms with E-state index in [1.54, 1.807) is 0 Å². The summed E-state index contributed by atoms with van der Waals surface area (Å²) in [7, 11) is 0. The van der Waals surface area contributed by atoms with Crippen LogP contribution in [-0.4, -0.2) is 26.5 Å². The lowest BCUT2D eigenvalue weighted by atomic mass is 9.66. The Labute approximate surface area is 132 Å². The van der Waals surface area contributed by atoms with Crippen molar-refractivity contribution in [1.82, 2.24) is 9.97 Å². The smallest absolute Gasteiger partial charge is 0.272 e. The van der Waals surface area contributed by atoms with Gasteiger partial charge in [0.15, 0.2) is 5.82 Å². The maximum atomic E-state index is 12.6. The van der Waals surface area contributed by atoms with Gasteiger partial charge in [-0.1, -0.05) is 13.8 Å². The molecule has 0 radical (unpaired) electrons. The Morgan fingerprint density at radius 1 is 1.17 bits per heavy atom. The fourth-order valence-corrected chi connectivity index (χ4v) is 3.33. The predicted molar refractivity (Wildman–Crippen MR) is 80.0 cm³/mol. The molecule has 0 amide bonds. The van der Waals surface area contributed by atoms with Crippen LogP contribution in [0.15, 0.2) is 24.3 Å². The molecule has 120 valence electrons. The van der Waals surface area contributed by atoms with Gasteiger partial charge in [-0.2, -0.15) is 0 Å². The van der Waals surface area contributed by atoms with Crippen LogP contribution in [0.3, 0.4) is 0 Å². The normalized spacial score (nSPS) is 23.7. The Morgan fingerprint density at radius 2 is 1.78 bits per heavy atom. The summed E-state index contributed by atoms with van der Waals surface area (Å²) in [5.41, 5.74) is -0.376. The number of fused-ring (bicyclic) bond motifs is 1. The number of anilines is 1. The molecule has 2 aliphatic rings. The zero-order valence-corrected chi connectivity index (χ0v) is 12.8. The minimum atomic E-state index is -1.07. The van der Waals surface area contributed by atoms with E-state index in [-0.39, 0.29) is 35.8 Å². The second-order valence-corrected chi connectivity index (χ2v) is 6.67. The first-order valence-corrected chi connectivity index (χ1v) is 7.27. The van der Waals surface area contributed by atoms with E-state index in [1.807, 2.05) is 13.8 Å². The van der Waals surface area contributed by atoms with Crippen molar-refractivity contribution in [3.05, 3.63) is 40.1 Å². The molecule has 1 aromatic rings. The Bertz CT molecular complexity index is 721. The molecule has 1 saturated carbocycles.